The van der Waals surface area contributed by atoms with Gasteiger partial charge in [0.15, 0.2) is 0 Å². The van der Waals surface area contributed by atoms with E-state index in [1.807, 2.05) is 6.92 Å². The third-order valence-corrected chi connectivity index (χ3v) is 4.10. The summed E-state index contributed by atoms with van der Waals surface area (Å²) in [6.07, 6.45) is 1.82. The molecule has 0 aliphatic heterocycles. The van der Waals surface area contributed by atoms with Crippen LogP contribution in [-0.4, -0.2) is 21.8 Å². The second kappa shape index (κ2) is 7.82. The minimum Gasteiger partial charge on any atom is -0.506 e. The zero-order valence-corrected chi connectivity index (χ0v) is 14.6. The molecule has 2 aromatic carbocycles. The SMILES string of the molecule is CCCn1c(=O)c(C(=O)N/N=C\c2ccccc2F)c(O)c2ccccc21. The number of rotatable bonds is 5. The van der Waals surface area contributed by atoms with Gasteiger partial charge in [-0.15, -0.1) is 0 Å². The number of aromatic hydroxyl groups is 1. The first kappa shape index (κ1) is 18.3. The van der Waals surface area contributed by atoms with Gasteiger partial charge in [0, 0.05) is 17.5 Å². The summed E-state index contributed by atoms with van der Waals surface area (Å²) in [5.74, 6) is -1.75. The Kier molecular flexibility index (Phi) is 5.30. The lowest BCUT2D eigenvalue weighted by molar-refractivity contribution is 0.0950. The van der Waals surface area contributed by atoms with Gasteiger partial charge in [0.25, 0.3) is 11.5 Å². The number of hydrogen-bond acceptors (Lipinski definition) is 4. The number of carbonyl (C=O) groups is 1. The Balaban J connectivity index is 1.99. The summed E-state index contributed by atoms with van der Waals surface area (Å²) < 4.78 is 15.0. The van der Waals surface area contributed by atoms with E-state index in [4.69, 9.17) is 0 Å². The molecule has 0 saturated heterocycles. The highest BCUT2D eigenvalue weighted by molar-refractivity contribution is 6.02. The highest BCUT2D eigenvalue weighted by Crippen LogP contribution is 2.26. The summed E-state index contributed by atoms with van der Waals surface area (Å²) >= 11 is 0. The molecule has 27 heavy (non-hydrogen) atoms. The zero-order chi connectivity index (χ0) is 19.4. The number of pyridine rings is 1. The molecule has 7 heteroatoms. The quantitative estimate of drug-likeness (QED) is 0.537. The van der Waals surface area contributed by atoms with E-state index in [1.165, 1.54) is 22.8 Å². The van der Waals surface area contributed by atoms with Crippen molar-refractivity contribution >= 4 is 23.0 Å². The van der Waals surface area contributed by atoms with Crippen LogP contribution in [0.5, 0.6) is 5.75 Å². The van der Waals surface area contributed by atoms with E-state index < -0.39 is 28.6 Å². The molecular formula is C20H18FN3O3. The number of nitrogens with zero attached hydrogens (tertiary/aromatic N) is 2. The summed E-state index contributed by atoms with van der Waals surface area (Å²) in [6.45, 7) is 2.31. The van der Waals surface area contributed by atoms with Crippen LogP contribution in [0.15, 0.2) is 58.4 Å². The van der Waals surface area contributed by atoms with E-state index in [0.29, 0.717) is 23.9 Å². The van der Waals surface area contributed by atoms with E-state index in [9.17, 15) is 19.1 Å². The van der Waals surface area contributed by atoms with E-state index >= 15 is 0 Å². The molecule has 0 radical (unpaired) electrons. The van der Waals surface area contributed by atoms with Gasteiger partial charge in [-0.3, -0.25) is 9.59 Å². The van der Waals surface area contributed by atoms with Crippen LogP contribution in [0, 0.1) is 5.82 Å². The van der Waals surface area contributed by atoms with Crippen molar-refractivity contribution in [2.24, 2.45) is 5.10 Å². The molecule has 1 amide bonds. The lowest BCUT2D eigenvalue weighted by Crippen LogP contribution is -2.31. The summed E-state index contributed by atoms with van der Waals surface area (Å²) in [4.78, 5) is 25.2. The predicted octanol–water partition coefficient (Wildman–Crippen LogP) is 3.02. The average molecular weight is 367 g/mol. The number of halogens is 1. The molecule has 0 unspecified atom stereocenters. The second-order valence-electron chi connectivity index (χ2n) is 5.92. The fourth-order valence-electron chi connectivity index (χ4n) is 2.84. The van der Waals surface area contributed by atoms with Gasteiger partial charge < -0.3 is 9.67 Å². The first-order chi connectivity index (χ1) is 13.0. The lowest BCUT2D eigenvalue weighted by Gasteiger charge is -2.13. The number of nitrogens with one attached hydrogen (secondary N) is 1. The van der Waals surface area contributed by atoms with Gasteiger partial charge >= 0.3 is 0 Å². The summed E-state index contributed by atoms with van der Waals surface area (Å²) in [5.41, 5.74) is 1.91. The molecule has 0 atom stereocenters. The standard InChI is InChI=1S/C20H18FN3O3/c1-2-11-24-16-10-6-4-8-14(16)18(25)17(20(24)27)19(26)23-22-12-13-7-3-5-9-15(13)21/h3-10,12,25H,2,11H2,1H3,(H,23,26)/b22-12-. The fourth-order valence-corrected chi connectivity index (χ4v) is 2.84. The Morgan fingerprint density at radius 1 is 1.22 bits per heavy atom. The van der Waals surface area contributed by atoms with Crippen molar-refractivity contribution in [2.45, 2.75) is 19.9 Å². The van der Waals surface area contributed by atoms with E-state index in [1.54, 1.807) is 30.3 Å². The molecule has 1 aromatic heterocycles. The van der Waals surface area contributed by atoms with Crippen molar-refractivity contribution in [3.63, 3.8) is 0 Å². The van der Waals surface area contributed by atoms with Crippen LogP contribution in [0.1, 0.15) is 29.3 Å². The molecule has 0 bridgehead atoms. The van der Waals surface area contributed by atoms with Crippen molar-refractivity contribution in [2.75, 3.05) is 0 Å². The van der Waals surface area contributed by atoms with E-state index in [2.05, 4.69) is 10.5 Å². The molecule has 6 nitrogen and oxygen atoms in total. The maximum absolute atomic E-state index is 13.6. The average Bonchev–Trinajstić information content (AvgIpc) is 2.67. The minimum absolute atomic E-state index is 0.184. The zero-order valence-electron chi connectivity index (χ0n) is 14.6. The number of amides is 1. The van der Waals surface area contributed by atoms with Crippen molar-refractivity contribution in [1.82, 2.24) is 9.99 Å². The molecule has 1 heterocycles. The van der Waals surface area contributed by atoms with Crippen molar-refractivity contribution in [3.05, 3.63) is 75.8 Å². The minimum atomic E-state index is -0.860. The first-order valence-electron chi connectivity index (χ1n) is 8.47. The first-order valence-corrected chi connectivity index (χ1v) is 8.47. The number of para-hydroxylation sites is 1. The van der Waals surface area contributed by atoms with Gasteiger partial charge in [0.05, 0.1) is 11.7 Å². The monoisotopic (exact) mass is 367 g/mol. The number of carbonyl (C=O) groups excluding carboxylic acids is 1. The maximum Gasteiger partial charge on any atom is 0.280 e. The van der Waals surface area contributed by atoms with Gasteiger partial charge in [-0.2, -0.15) is 5.10 Å². The molecule has 0 aliphatic rings. The van der Waals surface area contributed by atoms with Crippen molar-refractivity contribution in [3.8, 4) is 5.75 Å². The summed E-state index contributed by atoms with van der Waals surface area (Å²) in [7, 11) is 0. The number of benzene rings is 2. The molecule has 0 fully saturated rings. The predicted molar refractivity (Wildman–Crippen MR) is 102 cm³/mol. The molecule has 0 saturated carbocycles. The van der Waals surface area contributed by atoms with Gasteiger partial charge in [0.1, 0.15) is 17.1 Å². The second-order valence-corrected chi connectivity index (χ2v) is 5.92. The highest BCUT2D eigenvalue weighted by Gasteiger charge is 2.21. The topological polar surface area (TPSA) is 83.7 Å². The summed E-state index contributed by atoms with van der Waals surface area (Å²) in [5, 5.41) is 14.6. The molecule has 0 spiro atoms. The van der Waals surface area contributed by atoms with E-state index in [-0.39, 0.29) is 5.56 Å². The normalized spacial score (nSPS) is 11.2. The molecule has 3 aromatic rings. The van der Waals surface area contributed by atoms with Crippen LogP contribution in [0.4, 0.5) is 4.39 Å². The van der Waals surface area contributed by atoms with Gasteiger partial charge in [-0.25, -0.2) is 9.82 Å². The van der Waals surface area contributed by atoms with Crippen LogP contribution < -0.4 is 11.0 Å². The van der Waals surface area contributed by atoms with Gasteiger partial charge in [-0.1, -0.05) is 37.3 Å². The Labute approximate surface area is 154 Å². The molecule has 0 aliphatic carbocycles. The van der Waals surface area contributed by atoms with Gasteiger partial charge in [-0.05, 0) is 24.6 Å². The Morgan fingerprint density at radius 2 is 1.93 bits per heavy atom. The maximum atomic E-state index is 13.6. The lowest BCUT2D eigenvalue weighted by atomic mass is 10.1. The van der Waals surface area contributed by atoms with Crippen molar-refractivity contribution in [1.29, 1.82) is 0 Å². The van der Waals surface area contributed by atoms with Crippen LogP contribution >= 0.6 is 0 Å². The van der Waals surface area contributed by atoms with Gasteiger partial charge in [0.2, 0.25) is 0 Å². The number of hydrogen-bond donors (Lipinski definition) is 2. The Hall–Kier alpha value is -3.48. The smallest absolute Gasteiger partial charge is 0.280 e. The third-order valence-electron chi connectivity index (χ3n) is 4.10. The Bertz CT molecular complexity index is 1090. The van der Waals surface area contributed by atoms with Crippen LogP contribution in [-0.2, 0) is 6.54 Å². The van der Waals surface area contributed by atoms with E-state index in [0.717, 1.165) is 6.21 Å². The number of aromatic nitrogens is 1. The molecule has 2 N–H and O–H groups in total. The highest BCUT2D eigenvalue weighted by atomic mass is 19.1. The third kappa shape index (κ3) is 3.57. The van der Waals surface area contributed by atoms with Crippen LogP contribution in [0.2, 0.25) is 0 Å². The molecular weight excluding hydrogens is 349 g/mol. The van der Waals surface area contributed by atoms with Crippen LogP contribution in [0.3, 0.4) is 0 Å². The number of aryl methyl sites for hydroxylation is 1. The number of hydrazone groups is 1. The Morgan fingerprint density at radius 3 is 2.67 bits per heavy atom. The summed E-state index contributed by atoms with van der Waals surface area (Å²) in [6, 6.07) is 12.7. The number of fused-ring (bicyclic) bond motifs is 1. The largest absolute Gasteiger partial charge is 0.506 e. The van der Waals surface area contributed by atoms with Crippen LogP contribution in [0.25, 0.3) is 10.9 Å². The van der Waals surface area contributed by atoms with Crippen molar-refractivity contribution < 1.29 is 14.3 Å². The molecule has 138 valence electrons. The molecule has 3 rings (SSSR count). The fraction of sp³-hybridized carbons (Fsp3) is 0.150.